The fourth-order valence-corrected chi connectivity index (χ4v) is 13.2. The van der Waals surface area contributed by atoms with Gasteiger partial charge in [0.15, 0.2) is 17.5 Å². The molecule has 0 N–H and O–H groups in total. The van der Waals surface area contributed by atoms with E-state index in [9.17, 15) is 0 Å². The van der Waals surface area contributed by atoms with Crippen LogP contribution in [0.2, 0.25) is 0 Å². The van der Waals surface area contributed by atoms with Crippen LogP contribution >= 0.6 is 0 Å². The minimum Gasteiger partial charge on any atom is -0.309 e. The molecule has 0 spiro atoms. The lowest BCUT2D eigenvalue weighted by atomic mass is 9.83. The Balaban J connectivity index is 0.889. The molecule has 4 aromatic heterocycles. The van der Waals surface area contributed by atoms with E-state index >= 15 is 26.3 Å². The van der Waals surface area contributed by atoms with Crippen LogP contribution in [-0.4, -0.2) is 28.7 Å². The molecule has 402 valence electrons. The van der Waals surface area contributed by atoms with Gasteiger partial charge in [-0.05, 0) is 107 Å². The molecule has 0 radical (unpaired) electrons. The van der Waals surface area contributed by atoms with Gasteiger partial charge in [0.1, 0.15) is 0 Å². The lowest BCUT2D eigenvalue weighted by Gasteiger charge is -2.22. The zero-order valence-electron chi connectivity index (χ0n) is 44.2. The van der Waals surface area contributed by atoms with Crippen molar-refractivity contribution in [2.45, 2.75) is 18.3 Å². The lowest BCUT2D eigenvalue weighted by molar-refractivity contribution is -0.138. The zero-order chi connectivity index (χ0) is 56.6. The van der Waals surface area contributed by atoms with E-state index < -0.39 is 29.4 Å². The number of rotatable bonds is 7. The van der Waals surface area contributed by atoms with E-state index in [2.05, 4.69) is 15.2 Å². The first-order valence-corrected chi connectivity index (χ1v) is 27.4. The summed E-state index contributed by atoms with van der Waals surface area (Å²) in [5.74, 6) is -1.07. The summed E-state index contributed by atoms with van der Waals surface area (Å²) in [7, 11) is 0. The number of halogens is 6. The third-order valence-corrected chi connectivity index (χ3v) is 16.6. The van der Waals surface area contributed by atoms with Crippen molar-refractivity contribution in [1.82, 2.24) is 28.7 Å². The Bertz CT molecular complexity index is 5180. The Morgan fingerprint density at radius 3 is 1.42 bits per heavy atom. The second-order valence-electron chi connectivity index (χ2n) is 21.2. The molecule has 1 aliphatic carbocycles. The van der Waals surface area contributed by atoms with Crippen LogP contribution in [0.5, 0.6) is 0 Å². The normalized spacial score (nSPS) is 13.5. The molecule has 12 heteroatoms. The Hall–Kier alpha value is -10.6. The lowest BCUT2D eigenvalue weighted by Crippen LogP contribution is -2.14. The van der Waals surface area contributed by atoms with Crippen LogP contribution in [0, 0.1) is 0 Å². The van der Waals surface area contributed by atoms with Gasteiger partial charge in [-0.3, -0.25) is 0 Å². The highest BCUT2D eigenvalue weighted by atomic mass is 19.4. The van der Waals surface area contributed by atoms with Gasteiger partial charge >= 0.3 is 12.4 Å². The van der Waals surface area contributed by atoms with Crippen molar-refractivity contribution in [1.29, 1.82) is 0 Å². The average Bonchev–Trinajstić information content (AvgIpc) is 1.72. The minimum atomic E-state index is -4.91. The Morgan fingerprint density at radius 2 is 0.798 bits per heavy atom. The van der Waals surface area contributed by atoms with E-state index in [0.29, 0.717) is 16.6 Å². The van der Waals surface area contributed by atoms with Crippen LogP contribution in [0.25, 0.3) is 128 Å². The molecule has 0 saturated carbocycles. The van der Waals surface area contributed by atoms with E-state index in [1.807, 2.05) is 176 Å². The largest absolute Gasteiger partial charge is 0.418 e. The first kappa shape index (κ1) is 49.2. The van der Waals surface area contributed by atoms with Crippen molar-refractivity contribution in [3.05, 3.63) is 277 Å². The number of hydrogen-bond acceptors (Lipinski definition) is 3. The highest BCUT2D eigenvalue weighted by molar-refractivity contribution is 6.26. The van der Waals surface area contributed by atoms with Crippen molar-refractivity contribution in [3.63, 3.8) is 0 Å². The van der Waals surface area contributed by atoms with E-state index in [0.717, 1.165) is 100 Å². The number of para-hydroxylation sites is 5. The highest BCUT2D eigenvalue weighted by Gasteiger charge is 2.42. The standard InChI is InChI=1S/C72H42F6N6/c73-71(74,75)55-40-43(32-34-52(55)63-49-26-11-10-24-47(49)50-35-38-61-64(66(50)63)53-27-13-16-30-58(53)82(61)45-20-6-2-7-21-45)69-79-68(42-18-4-1-5-19-42)80-70(81-69)44-33-37-60(56(41-44)72(76,77)78)84-57-29-15-12-25-48(57)51-36-39-62-65(67(51)84)54-28-14-17-31-59(54)83(62)46-22-8-3-9-23-46/h1-41,63H. The number of aromatic nitrogens is 6. The molecule has 1 aliphatic rings. The smallest absolute Gasteiger partial charge is 0.309 e. The molecule has 4 heterocycles. The van der Waals surface area contributed by atoms with E-state index in [1.54, 1.807) is 47.0 Å². The van der Waals surface area contributed by atoms with Crippen LogP contribution in [-0.2, 0) is 12.4 Å². The molecule has 11 aromatic carbocycles. The molecule has 1 atom stereocenters. The summed E-state index contributed by atoms with van der Waals surface area (Å²) in [6.07, 6.45) is -9.79. The first-order valence-electron chi connectivity index (χ1n) is 27.4. The highest BCUT2D eigenvalue weighted by Crippen LogP contribution is 2.55. The van der Waals surface area contributed by atoms with E-state index in [4.69, 9.17) is 15.0 Å². The molecule has 84 heavy (non-hydrogen) atoms. The quantitative estimate of drug-likeness (QED) is 0.149. The summed E-state index contributed by atoms with van der Waals surface area (Å²) in [5, 5.41) is 4.95. The molecule has 0 fully saturated rings. The number of benzene rings is 11. The number of hydrogen-bond donors (Lipinski definition) is 0. The maximum absolute atomic E-state index is 16.2. The Morgan fingerprint density at radius 1 is 0.321 bits per heavy atom. The summed E-state index contributed by atoms with van der Waals surface area (Å²) >= 11 is 0. The molecule has 0 aliphatic heterocycles. The molecule has 6 nitrogen and oxygen atoms in total. The molecular weight excluding hydrogens is 1060 g/mol. The summed E-state index contributed by atoms with van der Waals surface area (Å²) < 4.78 is 103. The fourth-order valence-electron chi connectivity index (χ4n) is 13.2. The van der Waals surface area contributed by atoms with Crippen molar-refractivity contribution in [3.8, 4) is 62.4 Å². The van der Waals surface area contributed by atoms with Gasteiger partial charge in [0.2, 0.25) is 0 Å². The fraction of sp³-hybridized carbons (Fsp3) is 0.0417. The second-order valence-corrected chi connectivity index (χ2v) is 21.2. The maximum atomic E-state index is 16.2. The average molecular weight is 1110 g/mol. The number of fused-ring (bicyclic) bond motifs is 14. The molecule has 16 rings (SSSR count). The van der Waals surface area contributed by atoms with Crippen LogP contribution in [0.1, 0.15) is 33.7 Å². The zero-order valence-corrected chi connectivity index (χ0v) is 44.2. The van der Waals surface area contributed by atoms with Crippen LogP contribution in [0.3, 0.4) is 0 Å². The number of alkyl halides is 6. The van der Waals surface area contributed by atoms with Crippen molar-refractivity contribution in [2.75, 3.05) is 0 Å². The van der Waals surface area contributed by atoms with E-state index in [-0.39, 0.29) is 39.9 Å². The molecule has 0 amide bonds. The predicted molar refractivity (Wildman–Crippen MR) is 322 cm³/mol. The molecular formula is C72H42F6N6. The first-order chi connectivity index (χ1) is 41.0. The van der Waals surface area contributed by atoms with Crippen LogP contribution < -0.4 is 0 Å². The van der Waals surface area contributed by atoms with Crippen molar-refractivity contribution < 1.29 is 26.3 Å². The summed E-state index contributed by atoms with van der Waals surface area (Å²) in [4.78, 5) is 14.3. The van der Waals surface area contributed by atoms with Crippen molar-refractivity contribution >= 4 is 65.4 Å². The van der Waals surface area contributed by atoms with Gasteiger partial charge in [0, 0.05) is 66.3 Å². The predicted octanol–water partition coefficient (Wildman–Crippen LogP) is 19.4. The SMILES string of the molecule is FC(F)(F)c1cc(-c2nc(-c3ccccc3)nc(-c3ccc(-n4c5ccccc5c5ccc6c(c7ccccc7n6-c6ccccc6)c54)c(C(F)(F)F)c3)n2)ccc1C1c2ccccc2-c2ccc3c(c21)c1ccccc1n3-c1ccccc1. The number of nitrogens with zero attached hydrogens (tertiary/aromatic N) is 6. The van der Waals surface area contributed by atoms with Gasteiger partial charge in [-0.1, -0.05) is 170 Å². The molecule has 1 unspecified atom stereocenters. The second kappa shape index (κ2) is 18.5. The van der Waals surface area contributed by atoms with Crippen LogP contribution in [0.15, 0.2) is 249 Å². The van der Waals surface area contributed by atoms with Gasteiger partial charge in [-0.15, -0.1) is 0 Å². The maximum Gasteiger partial charge on any atom is 0.418 e. The van der Waals surface area contributed by atoms with Crippen LogP contribution in [0.4, 0.5) is 26.3 Å². The van der Waals surface area contributed by atoms with Gasteiger partial charge in [-0.2, -0.15) is 26.3 Å². The van der Waals surface area contributed by atoms with Gasteiger partial charge in [0.25, 0.3) is 0 Å². The van der Waals surface area contributed by atoms with Gasteiger partial charge in [-0.25, -0.2) is 15.0 Å². The summed E-state index contributed by atoms with van der Waals surface area (Å²) in [5.41, 5.74) is 8.21. The third kappa shape index (κ3) is 7.49. The molecule has 0 saturated heterocycles. The summed E-state index contributed by atoms with van der Waals surface area (Å²) in [6.45, 7) is 0. The van der Waals surface area contributed by atoms with Gasteiger partial charge in [0.05, 0.1) is 49.9 Å². The Kier molecular flexibility index (Phi) is 10.8. The minimum absolute atomic E-state index is 0.00827. The topological polar surface area (TPSA) is 53.5 Å². The monoisotopic (exact) mass is 1100 g/mol. The molecule has 0 bridgehead atoms. The van der Waals surface area contributed by atoms with Crippen molar-refractivity contribution in [2.24, 2.45) is 0 Å². The van der Waals surface area contributed by atoms with E-state index in [1.165, 1.54) is 12.1 Å². The Labute approximate surface area is 475 Å². The van der Waals surface area contributed by atoms with Gasteiger partial charge < -0.3 is 13.7 Å². The summed E-state index contributed by atoms with van der Waals surface area (Å²) in [6, 6.07) is 75.7. The molecule has 15 aromatic rings. The third-order valence-electron chi connectivity index (χ3n) is 16.6.